The summed E-state index contributed by atoms with van der Waals surface area (Å²) in [6.45, 7) is 4.24. The van der Waals surface area contributed by atoms with E-state index in [1.165, 1.54) is 16.7 Å². The summed E-state index contributed by atoms with van der Waals surface area (Å²) < 4.78 is 11.4. The van der Waals surface area contributed by atoms with E-state index in [2.05, 4.69) is 42.6 Å². The highest BCUT2D eigenvalue weighted by Crippen LogP contribution is 2.18. The molecule has 0 aliphatic heterocycles. The predicted molar refractivity (Wildman–Crippen MR) is 105 cm³/mol. The quantitative estimate of drug-likeness (QED) is 0.630. The maximum Gasteiger partial charge on any atom is 0.123 e. The highest BCUT2D eigenvalue weighted by atomic mass is 16.5. The van der Waals surface area contributed by atoms with Gasteiger partial charge in [-0.2, -0.15) is 0 Å². The van der Waals surface area contributed by atoms with Crippen molar-refractivity contribution in [3.63, 3.8) is 0 Å². The number of methoxy groups -OCH3 is 1. The summed E-state index contributed by atoms with van der Waals surface area (Å²) >= 11 is 0. The molecule has 0 fully saturated rings. The molecule has 3 aromatic carbocycles. The van der Waals surface area contributed by atoms with Crippen LogP contribution in [0, 0.1) is 6.92 Å². The lowest BCUT2D eigenvalue weighted by molar-refractivity contribution is 0.305. The minimum Gasteiger partial charge on any atom is -0.496 e. The summed E-state index contributed by atoms with van der Waals surface area (Å²) in [6, 6.07) is 24.6. The fourth-order valence-electron chi connectivity index (χ4n) is 2.87. The van der Waals surface area contributed by atoms with Crippen molar-refractivity contribution < 1.29 is 9.47 Å². The third-order valence-corrected chi connectivity index (χ3v) is 4.39. The van der Waals surface area contributed by atoms with Gasteiger partial charge in [-0.25, -0.2) is 0 Å². The van der Waals surface area contributed by atoms with Crippen LogP contribution < -0.4 is 14.8 Å². The van der Waals surface area contributed by atoms with Crippen LogP contribution in [0.2, 0.25) is 0 Å². The van der Waals surface area contributed by atoms with E-state index in [1.54, 1.807) is 7.11 Å². The molecule has 0 atom stereocenters. The number of aryl methyl sites for hydroxylation is 1. The highest BCUT2D eigenvalue weighted by molar-refractivity contribution is 5.33. The van der Waals surface area contributed by atoms with Crippen molar-refractivity contribution in [2.75, 3.05) is 7.11 Å². The summed E-state index contributed by atoms with van der Waals surface area (Å²) in [5.74, 6) is 1.81. The van der Waals surface area contributed by atoms with Gasteiger partial charge in [0.05, 0.1) is 7.11 Å². The zero-order valence-electron chi connectivity index (χ0n) is 15.4. The summed E-state index contributed by atoms with van der Waals surface area (Å²) in [5, 5.41) is 3.47. The van der Waals surface area contributed by atoms with E-state index < -0.39 is 0 Å². The number of hydrogen-bond donors (Lipinski definition) is 1. The minimum atomic E-state index is 0.588. The fraction of sp³-hybridized carbons (Fsp3) is 0.217. The van der Waals surface area contributed by atoms with Crippen molar-refractivity contribution in [1.29, 1.82) is 0 Å². The monoisotopic (exact) mass is 347 g/mol. The molecule has 0 heterocycles. The van der Waals surface area contributed by atoms with E-state index in [1.807, 2.05) is 42.5 Å². The first kappa shape index (κ1) is 18.0. The third-order valence-electron chi connectivity index (χ3n) is 4.39. The molecule has 0 saturated heterocycles. The number of rotatable bonds is 8. The SMILES string of the molecule is COc1ccccc1CNCc1cccc(OCc2ccccc2C)c1. The van der Waals surface area contributed by atoms with E-state index in [9.17, 15) is 0 Å². The van der Waals surface area contributed by atoms with Crippen molar-refractivity contribution in [2.45, 2.75) is 26.6 Å². The van der Waals surface area contributed by atoms with Crippen LogP contribution in [0.25, 0.3) is 0 Å². The third kappa shape index (κ3) is 4.87. The molecule has 0 radical (unpaired) electrons. The molecule has 0 aromatic heterocycles. The minimum absolute atomic E-state index is 0.588. The van der Waals surface area contributed by atoms with Crippen LogP contribution in [-0.2, 0) is 19.7 Å². The van der Waals surface area contributed by atoms with Crippen LogP contribution >= 0.6 is 0 Å². The molecular weight excluding hydrogens is 322 g/mol. The van der Waals surface area contributed by atoms with Crippen molar-refractivity contribution in [3.05, 3.63) is 95.1 Å². The molecule has 3 heteroatoms. The van der Waals surface area contributed by atoms with Gasteiger partial charge in [0.2, 0.25) is 0 Å². The summed E-state index contributed by atoms with van der Waals surface area (Å²) in [7, 11) is 1.70. The van der Waals surface area contributed by atoms with Gasteiger partial charge in [0.25, 0.3) is 0 Å². The van der Waals surface area contributed by atoms with Crippen molar-refractivity contribution in [2.24, 2.45) is 0 Å². The topological polar surface area (TPSA) is 30.5 Å². The lowest BCUT2D eigenvalue weighted by Gasteiger charge is -2.11. The Kier molecular flexibility index (Phi) is 6.29. The van der Waals surface area contributed by atoms with E-state index in [0.29, 0.717) is 6.61 Å². The summed E-state index contributed by atoms with van der Waals surface area (Å²) in [4.78, 5) is 0. The number of ether oxygens (including phenoxy) is 2. The molecule has 0 bridgehead atoms. The first-order valence-corrected chi connectivity index (χ1v) is 8.85. The van der Waals surface area contributed by atoms with E-state index in [0.717, 1.165) is 30.2 Å². The van der Waals surface area contributed by atoms with Crippen LogP contribution in [0.15, 0.2) is 72.8 Å². The molecule has 26 heavy (non-hydrogen) atoms. The lowest BCUT2D eigenvalue weighted by atomic mass is 10.1. The van der Waals surface area contributed by atoms with Gasteiger partial charge in [-0.3, -0.25) is 0 Å². The normalized spacial score (nSPS) is 10.5. The molecule has 0 saturated carbocycles. The molecule has 0 unspecified atom stereocenters. The molecule has 0 spiro atoms. The molecule has 3 nitrogen and oxygen atoms in total. The van der Waals surface area contributed by atoms with Gasteiger partial charge >= 0.3 is 0 Å². The zero-order chi connectivity index (χ0) is 18.2. The van der Waals surface area contributed by atoms with Crippen molar-refractivity contribution >= 4 is 0 Å². The average molecular weight is 347 g/mol. The number of nitrogens with one attached hydrogen (secondary N) is 1. The van der Waals surface area contributed by atoms with Gasteiger partial charge in [-0.05, 0) is 41.8 Å². The van der Waals surface area contributed by atoms with Crippen LogP contribution in [0.1, 0.15) is 22.3 Å². The van der Waals surface area contributed by atoms with Crippen LogP contribution in [0.3, 0.4) is 0 Å². The Hall–Kier alpha value is -2.78. The lowest BCUT2D eigenvalue weighted by Crippen LogP contribution is -2.13. The predicted octanol–water partition coefficient (Wildman–Crippen LogP) is 4.87. The molecule has 0 aliphatic rings. The summed E-state index contributed by atoms with van der Waals surface area (Å²) in [6.07, 6.45) is 0. The highest BCUT2D eigenvalue weighted by Gasteiger charge is 2.03. The van der Waals surface area contributed by atoms with Crippen LogP contribution in [0.5, 0.6) is 11.5 Å². The van der Waals surface area contributed by atoms with Gasteiger partial charge in [0.15, 0.2) is 0 Å². The second-order valence-corrected chi connectivity index (χ2v) is 6.28. The molecule has 0 amide bonds. The maximum absolute atomic E-state index is 5.97. The Balaban J connectivity index is 1.55. The molecule has 3 aromatic rings. The van der Waals surface area contributed by atoms with Gasteiger partial charge < -0.3 is 14.8 Å². The van der Waals surface area contributed by atoms with Crippen molar-refractivity contribution in [3.8, 4) is 11.5 Å². The van der Waals surface area contributed by atoms with Gasteiger partial charge in [0, 0.05) is 18.7 Å². The second-order valence-electron chi connectivity index (χ2n) is 6.28. The molecular formula is C23H25NO2. The summed E-state index contributed by atoms with van der Waals surface area (Å²) in [5.41, 5.74) is 4.82. The standard InChI is InChI=1S/C23H25NO2/c1-18-8-3-4-11-21(18)17-26-22-12-7-9-19(14-22)15-24-16-20-10-5-6-13-23(20)25-2/h3-14,24H,15-17H2,1-2H3. The van der Waals surface area contributed by atoms with E-state index in [-0.39, 0.29) is 0 Å². The second kappa shape index (κ2) is 9.07. The van der Waals surface area contributed by atoms with Gasteiger partial charge in [0.1, 0.15) is 18.1 Å². The number of para-hydroxylation sites is 1. The van der Waals surface area contributed by atoms with E-state index >= 15 is 0 Å². The Morgan fingerprint density at radius 2 is 1.58 bits per heavy atom. The molecule has 3 rings (SSSR count). The average Bonchev–Trinajstić information content (AvgIpc) is 2.68. The fourth-order valence-corrected chi connectivity index (χ4v) is 2.87. The number of hydrogen-bond acceptors (Lipinski definition) is 3. The number of benzene rings is 3. The molecule has 1 N–H and O–H groups in total. The van der Waals surface area contributed by atoms with Crippen LogP contribution in [-0.4, -0.2) is 7.11 Å². The largest absolute Gasteiger partial charge is 0.496 e. The first-order chi connectivity index (χ1) is 12.8. The van der Waals surface area contributed by atoms with Gasteiger partial charge in [-0.1, -0.05) is 54.6 Å². The zero-order valence-corrected chi connectivity index (χ0v) is 15.4. The maximum atomic E-state index is 5.97. The molecule has 134 valence electrons. The molecule has 0 aliphatic carbocycles. The first-order valence-electron chi connectivity index (χ1n) is 8.85. The van der Waals surface area contributed by atoms with E-state index in [4.69, 9.17) is 9.47 Å². The van der Waals surface area contributed by atoms with Crippen LogP contribution in [0.4, 0.5) is 0 Å². The Labute approximate surface area is 155 Å². The Morgan fingerprint density at radius 3 is 2.38 bits per heavy atom. The Bertz CT molecular complexity index is 845. The van der Waals surface area contributed by atoms with Gasteiger partial charge in [-0.15, -0.1) is 0 Å². The Morgan fingerprint density at radius 1 is 0.808 bits per heavy atom. The van der Waals surface area contributed by atoms with Crippen molar-refractivity contribution in [1.82, 2.24) is 5.32 Å². The smallest absolute Gasteiger partial charge is 0.123 e.